The molecular formula is C8H16N6O2S. The van der Waals surface area contributed by atoms with E-state index in [0.29, 0.717) is 17.7 Å². The maximum atomic E-state index is 11.3. The zero-order valence-corrected chi connectivity index (χ0v) is 10.5. The lowest BCUT2D eigenvalue weighted by molar-refractivity contribution is -0.141. The van der Waals surface area contributed by atoms with Gasteiger partial charge < -0.3 is 10.6 Å². The van der Waals surface area contributed by atoms with Gasteiger partial charge in [-0.2, -0.15) is 0 Å². The minimum atomic E-state index is -0.311. The molecule has 0 amide bonds. The number of ether oxygens (including phenoxy) is 1. The van der Waals surface area contributed by atoms with Crippen LogP contribution < -0.4 is 17.1 Å². The van der Waals surface area contributed by atoms with E-state index in [1.54, 1.807) is 0 Å². The molecule has 9 heteroatoms. The fraction of sp³-hybridized carbons (Fsp3) is 0.625. The van der Waals surface area contributed by atoms with Crippen LogP contribution in [0.5, 0.6) is 0 Å². The van der Waals surface area contributed by atoms with Crippen LogP contribution >= 0.6 is 11.8 Å². The number of hydrogen-bond donors (Lipinski definition) is 3. The van der Waals surface area contributed by atoms with Crippen LogP contribution in [-0.2, 0) is 9.53 Å². The molecule has 0 spiro atoms. The zero-order valence-electron chi connectivity index (χ0n) is 9.71. The molecule has 0 saturated carbocycles. The lowest BCUT2D eigenvalue weighted by atomic mass is 10.2. The highest BCUT2D eigenvalue weighted by atomic mass is 32.2. The second-order valence-corrected chi connectivity index (χ2v) is 4.63. The number of nitrogens with two attached hydrogens (primary N) is 2. The molecule has 8 nitrogen and oxygen atoms in total. The summed E-state index contributed by atoms with van der Waals surface area (Å²) in [6.07, 6.45) is 0. The van der Waals surface area contributed by atoms with Gasteiger partial charge in [0.05, 0.1) is 12.4 Å². The number of aromatic nitrogens is 3. The zero-order chi connectivity index (χ0) is 12.8. The van der Waals surface area contributed by atoms with Gasteiger partial charge in [0.15, 0.2) is 0 Å². The van der Waals surface area contributed by atoms with E-state index in [1.807, 2.05) is 13.8 Å². The van der Waals surface area contributed by atoms with Crippen molar-refractivity contribution >= 4 is 23.7 Å². The van der Waals surface area contributed by atoms with Gasteiger partial charge in [-0.3, -0.25) is 10.2 Å². The third kappa shape index (κ3) is 4.11. The topological polar surface area (TPSA) is 121 Å². The number of hydrogen-bond acceptors (Lipinski definition) is 8. The molecule has 1 heterocycles. The van der Waals surface area contributed by atoms with Crippen LogP contribution in [0.15, 0.2) is 5.16 Å². The van der Waals surface area contributed by atoms with Gasteiger partial charge in [-0.25, -0.2) is 10.5 Å². The van der Waals surface area contributed by atoms with Crippen LogP contribution in [0.25, 0.3) is 0 Å². The number of carbonyl (C=O) groups is 1. The van der Waals surface area contributed by atoms with Crippen molar-refractivity contribution in [2.45, 2.75) is 19.0 Å². The number of thioether (sulfide) groups is 1. The Morgan fingerprint density at radius 2 is 2.29 bits per heavy atom. The van der Waals surface area contributed by atoms with Crippen LogP contribution in [0, 0.1) is 5.92 Å². The number of carbonyl (C=O) groups excluding carboxylic acids is 1. The summed E-state index contributed by atoms with van der Waals surface area (Å²) in [6.45, 7) is 4.34. The fourth-order valence-corrected chi connectivity index (χ4v) is 1.55. The van der Waals surface area contributed by atoms with Crippen molar-refractivity contribution in [2.75, 3.05) is 23.6 Å². The van der Waals surface area contributed by atoms with Gasteiger partial charge in [0.2, 0.25) is 5.16 Å². The Labute approximate surface area is 103 Å². The average molecular weight is 260 g/mol. The predicted octanol–water partition coefficient (Wildman–Crippen LogP) is -0.431. The molecule has 5 N–H and O–H groups in total. The second-order valence-electron chi connectivity index (χ2n) is 3.69. The maximum Gasteiger partial charge on any atom is 0.316 e. The molecule has 0 aliphatic carbocycles. The van der Waals surface area contributed by atoms with Crippen LogP contribution in [0.3, 0.4) is 0 Å². The Bertz CT molecular complexity index is 380. The van der Waals surface area contributed by atoms with E-state index in [4.69, 9.17) is 16.4 Å². The van der Waals surface area contributed by atoms with Crippen molar-refractivity contribution in [3.63, 3.8) is 0 Å². The first-order valence-corrected chi connectivity index (χ1v) is 5.98. The third-order valence-corrected chi connectivity index (χ3v) is 2.61. The van der Waals surface area contributed by atoms with Crippen LogP contribution in [-0.4, -0.2) is 33.2 Å². The highest BCUT2D eigenvalue weighted by Gasteiger charge is 2.12. The monoisotopic (exact) mass is 260 g/mol. The van der Waals surface area contributed by atoms with Crippen LogP contribution in [0.1, 0.15) is 13.8 Å². The number of anilines is 1. The summed E-state index contributed by atoms with van der Waals surface area (Å²) in [7, 11) is 0. The molecule has 0 aliphatic heterocycles. The van der Waals surface area contributed by atoms with E-state index >= 15 is 0 Å². The summed E-state index contributed by atoms with van der Waals surface area (Å²) in [6, 6.07) is 0. The molecule has 0 saturated heterocycles. The smallest absolute Gasteiger partial charge is 0.316 e. The first-order chi connectivity index (χ1) is 8.04. The summed E-state index contributed by atoms with van der Waals surface area (Å²) in [5.41, 5.74) is 2.28. The molecule has 1 aromatic rings. The Balaban J connectivity index is 2.39. The molecule has 0 radical (unpaired) electrons. The standard InChI is InChI=1S/C8H16N6O2S/c1-5(2)3-16-6(15)4-17-8-13-12-7(11-9)14(8)10/h5H,3-4,9-10H2,1-2H3,(H,11,12). The summed E-state index contributed by atoms with van der Waals surface area (Å²) >= 11 is 1.14. The SMILES string of the molecule is CC(C)COC(=O)CSc1nnc(NN)n1N. The second kappa shape index (κ2) is 6.30. The van der Waals surface area contributed by atoms with Crippen molar-refractivity contribution in [1.29, 1.82) is 0 Å². The lowest BCUT2D eigenvalue weighted by Crippen LogP contribution is -2.19. The molecule has 17 heavy (non-hydrogen) atoms. The predicted molar refractivity (Wildman–Crippen MR) is 64.5 cm³/mol. The molecular weight excluding hydrogens is 244 g/mol. The quantitative estimate of drug-likeness (QED) is 0.272. The summed E-state index contributed by atoms with van der Waals surface area (Å²) in [5.74, 6) is 11.1. The maximum absolute atomic E-state index is 11.3. The largest absolute Gasteiger partial charge is 0.465 e. The van der Waals surface area contributed by atoms with Crippen LogP contribution in [0.4, 0.5) is 5.95 Å². The third-order valence-electron chi connectivity index (χ3n) is 1.69. The average Bonchev–Trinajstić information content (AvgIpc) is 2.64. The van der Waals surface area contributed by atoms with E-state index in [-0.39, 0.29) is 17.7 Å². The fourth-order valence-electron chi connectivity index (χ4n) is 0.899. The Morgan fingerprint density at radius 3 is 2.82 bits per heavy atom. The minimum Gasteiger partial charge on any atom is -0.465 e. The van der Waals surface area contributed by atoms with Crippen molar-refractivity contribution in [3.8, 4) is 0 Å². The van der Waals surface area contributed by atoms with Crippen molar-refractivity contribution in [3.05, 3.63) is 0 Å². The van der Waals surface area contributed by atoms with Gasteiger partial charge in [0, 0.05) is 0 Å². The van der Waals surface area contributed by atoms with E-state index in [0.717, 1.165) is 11.8 Å². The lowest BCUT2D eigenvalue weighted by Gasteiger charge is -2.06. The number of rotatable bonds is 6. The molecule has 0 fully saturated rings. The van der Waals surface area contributed by atoms with Gasteiger partial charge in [0.25, 0.3) is 5.95 Å². The summed E-state index contributed by atoms with van der Waals surface area (Å²) in [5, 5.41) is 7.81. The van der Waals surface area contributed by atoms with Gasteiger partial charge in [-0.15, -0.1) is 10.2 Å². The normalized spacial score (nSPS) is 10.6. The van der Waals surface area contributed by atoms with Gasteiger partial charge in [0.1, 0.15) is 0 Å². The van der Waals surface area contributed by atoms with Crippen LogP contribution in [0.2, 0.25) is 0 Å². The summed E-state index contributed by atoms with van der Waals surface area (Å²) in [4.78, 5) is 11.3. The molecule has 96 valence electrons. The van der Waals surface area contributed by atoms with Gasteiger partial charge >= 0.3 is 5.97 Å². The molecule has 0 atom stereocenters. The molecule has 0 aliphatic rings. The van der Waals surface area contributed by atoms with Crippen molar-refractivity contribution in [2.24, 2.45) is 11.8 Å². The molecule has 0 bridgehead atoms. The first kappa shape index (κ1) is 13.6. The number of nitrogen functional groups attached to an aromatic ring is 2. The van der Waals surface area contributed by atoms with E-state index in [9.17, 15) is 4.79 Å². The summed E-state index contributed by atoms with van der Waals surface area (Å²) < 4.78 is 6.17. The number of nitrogens with one attached hydrogen (secondary N) is 1. The molecule has 1 rings (SSSR count). The number of esters is 1. The van der Waals surface area contributed by atoms with Gasteiger partial charge in [-0.1, -0.05) is 25.6 Å². The van der Waals surface area contributed by atoms with E-state index in [1.165, 1.54) is 4.68 Å². The first-order valence-electron chi connectivity index (χ1n) is 5.00. The minimum absolute atomic E-state index is 0.132. The number of nitrogens with zero attached hydrogens (tertiary/aromatic N) is 3. The molecule has 1 aromatic heterocycles. The highest BCUT2D eigenvalue weighted by molar-refractivity contribution is 7.99. The Kier molecular flexibility index (Phi) is 5.04. The Hall–Kier alpha value is -1.48. The molecule has 0 unspecified atom stereocenters. The van der Waals surface area contributed by atoms with Crippen molar-refractivity contribution in [1.82, 2.24) is 14.9 Å². The number of hydrazine groups is 1. The Morgan fingerprint density at radius 1 is 1.59 bits per heavy atom. The van der Waals surface area contributed by atoms with Crippen molar-refractivity contribution < 1.29 is 9.53 Å². The van der Waals surface area contributed by atoms with E-state index < -0.39 is 0 Å². The highest BCUT2D eigenvalue weighted by Crippen LogP contribution is 2.16. The van der Waals surface area contributed by atoms with Gasteiger partial charge in [-0.05, 0) is 5.92 Å². The van der Waals surface area contributed by atoms with E-state index in [2.05, 4.69) is 15.6 Å². The molecule has 0 aromatic carbocycles.